The highest BCUT2D eigenvalue weighted by molar-refractivity contribution is 5.77. The number of likely N-dealkylation sites (tertiary alicyclic amines) is 1. The number of alkyl halides is 3. The number of rotatable bonds is 5. The van der Waals surface area contributed by atoms with Gasteiger partial charge in [-0.3, -0.25) is 4.79 Å². The molecule has 0 unspecified atom stereocenters. The van der Waals surface area contributed by atoms with Crippen LogP contribution >= 0.6 is 0 Å². The Kier molecular flexibility index (Phi) is 6.31. The van der Waals surface area contributed by atoms with Crippen molar-refractivity contribution in [3.63, 3.8) is 0 Å². The maximum absolute atomic E-state index is 12.9. The minimum Gasteiger partial charge on any atom is -0.481 e. The van der Waals surface area contributed by atoms with Gasteiger partial charge in [-0.25, -0.2) is 4.79 Å². The van der Waals surface area contributed by atoms with Gasteiger partial charge in [0.2, 0.25) is 0 Å². The molecular weight excluding hydrogens is 329 g/mol. The van der Waals surface area contributed by atoms with Crippen molar-refractivity contribution in [2.24, 2.45) is 11.8 Å². The van der Waals surface area contributed by atoms with E-state index in [-0.39, 0.29) is 12.6 Å². The number of ether oxygens (including phenoxy) is 1. The van der Waals surface area contributed by atoms with E-state index in [1.54, 1.807) is 0 Å². The summed E-state index contributed by atoms with van der Waals surface area (Å²) in [6, 6.07) is -0.680. The molecule has 24 heavy (non-hydrogen) atoms. The summed E-state index contributed by atoms with van der Waals surface area (Å²) in [5.74, 6) is -5.18. The van der Waals surface area contributed by atoms with E-state index < -0.39 is 43.1 Å². The monoisotopic (exact) mass is 352 g/mol. The molecule has 0 aromatic carbocycles. The van der Waals surface area contributed by atoms with E-state index in [2.05, 4.69) is 5.32 Å². The molecule has 138 valence electrons. The van der Waals surface area contributed by atoms with Crippen LogP contribution in [0.25, 0.3) is 0 Å². The first-order chi connectivity index (χ1) is 11.3. The molecule has 1 heterocycles. The fourth-order valence-electron chi connectivity index (χ4n) is 3.28. The zero-order valence-corrected chi connectivity index (χ0v) is 13.3. The number of nitrogens with one attached hydrogen (secondary N) is 1. The van der Waals surface area contributed by atoms with Crippen LogP contribution in [0.15, 0.2) is 0 Å². The van der Waals surface area contributed by atoms with Crippen LogP contribution < -0.4 is 5.32 Å². The van der Waals surface area contributed by atoms with Gasteiger partial charge < -0.3 is 20.1 Å². The van der Waals surface area contributed by atoms with E-state index >= 15 is 0 Å². The normalized spacial score (nSPS) is 25.7. The van der Waals surface area contributed by atoms with E-state index in [9.17, 15) is 22.8 Å². The van der Waals surface area contributed by atoms with Gasteiger partial charge in [0.15, 0.2) is 0 Å². The minimum atomic E-state index is -4.64. The van der Waals surface area contributed by atoms with E-state index in [4.69, 9.17) is 9.84 Å². The topological polar surface area (TPSA) is 78.9 Å². The number of nitrogens with zero attached hydrogens (tertiary/aromatic N) is 1. The number of hydrogen-bond acceptors (Lipinski definition) is 3. The summed E-state index contributed by atoms with van der Waals surface area (Å²) in [7, 11) is 0. The Labute approximate surface area is 138 Å². The van der Waals surface area contributed by atoms with Crippen LogP contribution in [0.1, 0.15) is 32.1 Å². The minimum absolute atomic E-state index is 0.188. The zero-order chi connectivity index (χ0) is 17.7. The zero-order valence-electron chi connectivity index (χ0n) is 13.3. The summed E-state index contributed by atoms with van der Waals surface area (Å²) in [5, 5.41) is 11.4. The first-order valence-corrected chi connectivity index (χ1v) is 8.23. The molecule has 2 aliphatic rings. The Morgan fingerprint density at radius 3 is 2.38 bits per heavy atom. The molecule has 0 bridgehead atoms. The number of hydrogen-bond donors (Lipinski definition) is 2. The predicted octanol–water partition coefficient (Wildman–Crippen LogP) is 2.24. The molecule has 2 fully saturated rings. The SMILES string of the molecule is O=C(O)[C@@H]1CN(C(=O)NCCOC2CCCCC2)C[C@H]1C(F)(F)F. The Morgan fingerprint density at radius 2 is 1.83 bits per heavy atom. The van der Waals surface area contributed by atoms with Gasteiger partial charge in [0, 0.05) is 19.6 Å². The molecule has 1 saturated carbocycles. The largest absolute Gasteiger partial charge is 0.481 e. The number of aliphatic carboxylic acids is 1. The van der Waals surface area contributed by atoms with E-state index in [1.807, 2.05) is 0 Å². The molecule has 2 atom stereocenters. The van der Waals surface area contributed by atoms with Gasteiger partial charge in [-0.2, -0.15) is 13.2 Å². The summed E-state index contributed by atoms with van der Waals surface area (Å²) in [5.41, 5.74) is 0. The van der Waals surface area contributed by atoms with Crippen molar-refractivity contribution in [3.8, 4) is 0 Å². The van der Waals surface area contributed by atoms with Gasteiger partial charge in [0.05, 0.1) is 24.5 Å². The summed E-state index contributed by atoms with van der Waals surface area (Å²) in [6.07, 6.45) is 0.994. The third kappa shape index (κ3) is 4.99. The van der Waals surface area contributed by atoms with Gasteiger partial charge in [-0.1, -0.05) is 19.3 Å². The van der Waals surface area contributed by atoms with Crippen molar-refractivity contribution in [2.75, 3.05) is 26.2 Å². The number of carboxylic acids is 1. The quantitative estimate of drug-likeness (QED) is 0.744. The summed E-state index contributed by atoms with van der Waals surface area (Å²) < 4.78 is 44.3. The van der Waals surface area contributed by atoms with Gasteiger partial charge >= 0.3 is 18.2 Å². The molecule has 0 spiro atoms. The number of carbonyl (C=O) groups is 2. The van der Waals surface area contributed by atoms with E-state index in [0.717, 1.165) is 30.6 Å². The predicted molar refractivity (Wildman–Crippen MR) is 78.5 cm³/mol. The lowest BCUT2D eigenvalue weighted by Gasteiger charge is -2.22. The molecule has 1 aliphatic heterocycles. The lowest BCUT2D eigenvalue weighted by Crippen LogP contribution is -2.41. The second-order valence-electron chi connectivity index (χ2n) is 6.36. The first-order valence-electron chi connectivity index (χ1n) is 8.23. The Bertz CT molecular complexity index is 452. The van der Waals surface area contributed by atoms with Gasteiger partial charge in [0.1, 0.15) is 0 Å². The molecule has 0 radical (unpaired) electrons. The average Bonchev–Trinajstić information content (AvgIpc) is 2.98. The average molecular weight is 352 g/mol. The van der Waals surface area contributed by atoms with Crippen LogP contribution in [0.2, 0.25) is 0 Å². The van der Waals surface area contributed by atoms with Crippen molar-refractivity contribution >= 4 is 12.0 Å². The molecular formula is C15H23F3N2O4. The van der Waals surface area contributed by atoms with Crippen LogP contribution in [0.3, 0.4) is 0 Å². The molecule has 2 amide bonds. The standard InChI is InChI=1S/C15H23F3N2O4/c16-15(17,18)12-9-20(8-11(12)13(21)22)14(23)19-6-7-24-10-4-2-1-3-5-10/h10-12H,1-9H2,(H,19,23)(H,21,22)/t11-,12-/m1/s1. The molecule has 2 rings (SSSR count). The number of carbonyl (C=O) groups excluding carboxylic acids is 1. The summed E-state index contributed by atoms with van der Waals surface area (Å²) in [4.78, 5) is 23.8. The molecule has 2 N–H and O–H groups in total. The lowest BCUT2D eigenvalue weighted by molar-refractivity contribution is -0.187. The molecule has 1 aliphatic carbocycles. The summed E-state index contributed by atoms with van der Waals surface area (Å²) in [6.45, 7) is -0.569. The molecule has 0 aromatic rings. The van der Waals surface area contributed by atoms with Crippen molar-refractivity contribution in [1.82, 2.24) is 10.2 Å². The van der Waals surface area contributed by atoms with E-state index in [0.29, 0.717) is 6.61 Å². The smallest absolute Gasteiger partial charge is 0.394 e. The first kappa shape index (κ1) is 18.8. The highest BCUT2D eigenvalue weighted by Crippen LogP contribution is 2.37. The Morgan fingerprint density at radius 1 is 1.17 bits per heavy atom. The third-order valence-corrected chi connectivity index (χ3v) is 4.63. The van der Waals surface area contributed by atoms with Gasteiger partial charge in [0.25, 0.3) is 0 Å². The van der Waals surface area contributed by atoms with Crippen molar-refractivity contribution in [1.29, 1.82) is 0 Å². The highest BCUT2D eigenvalue weighted by atomic mass is 19.4. The maximum Gasteiger partial charge on any atom is 0.394 e. The Hall–Kier alpha value is -1.51. The van der Waals surface area contributed by atoms with E-state index in [1.165, 1.54) is 6.42 Å². The fraction of sp³-hybridized carbons (Fsp3) is 0.867. The van der Waals surface area contributed by atoms with Crippen LogP contribution in [0.5, 0.6) is 0 Å². The van der Waals surface area contributed by atoms with Gasteiger partial charge in [-0.05, 0) is 12.8 Å². The third-order valence-electron chi connectivity index (χ3n) is 4.63. The lowest BCUT2D eigenvalue weighted by atomic mass is 9.96. The van der Waals surface area contributed by atoms with Crippen molar-refractivity contribution < 1.29 is 32.6 Å². The van der Waals surface area contributed by atoms with Crippen LogP contribution in [-0.4, -0.2) is 60.5 Å². The van der Waals surface area contributed by atoms with Crippen molar-refractivity contribution in [2.45, 2.75) is 44.4 Å². The Balaban J connectivity index is 1.75. The molecule has 9 heteroatoms. The number of urea groups is 1. The number of amides is 2. The van der Waals surface area contributed by atoms with Crippen LogP contribution in [0.4, 0.5) is 18.0 Å². The number of carboxylic acid groups (broad SMARTS) is 1. The second kappa shape index (κ2) is 8.04. The highest BCUT2D eigenvalue weighted by Gasteiger charge is 2.53. The molecule has 0 aromatic heterocycles. The van der Waals surface area contributed by atoms with Gasteiger partial charge in [-0.15, -0.1) is 0 Å². The summed E-state index contributed by atoms with van der Waals surface area (Å²) >= 11 is 0. The van der Waals surface area contributed by atoms with Crippen LogP contribution in [-0.2, 0) is 9.53 Å². The van der Waals surface area contributed by atoms with Crippen molar-refractivity contribution in [3.05, 3.63) is 0 Å². The molecule has 6 nitrogen and oxygen atoms in total. The maximum atomic E-state index is 12.9. The second-order valence-corrected chi connectivity index (χ2v) is 6.36. The van der Waals surface area contributed by atoms with Crippen LogP contribution in [0, 0.1) is 11.8 Å². The fourth-order valence-corrected chi connectivity index (χ4v) is 3.28. The number of halogens is 3. The molecule has 1 saturated heterocycles.